The van der Waals surface area contributed by atoms with Crippen molar-refractivity contribution in [1.82, 2.24) is 0 Å². The molecule has 7 aliphatic heterocycles. The molecule has 22 unspecified atom stereocenters. The Morgan fingerprint density at radius 3 is 0.835 bits per heavy atom. The SMILES string of the molecule is [N-]=[N+]=NCCC1OC2OC(CO)C(OC(O)/C(O)=C(/O)C(CCO)OC3OC(CO)[C@@H](OC(O)/C(O)=C(/O)C(CCO)OC4OC(CO)C(OC(O)/C(O)=C(/O)C(CCO)OC(O)/C(O)=C\1O)C(O)C4O)C(O)C3O)C(O)C2O. The Labute approximate surface area is 444 Å². The molecular formula is C42H69N3O34. The number of aliphatic hydroxyl groups is 24. The van der Waals surface area contributed by atoms with E-state index in [1.807, 2.05) is 0 Å². The number of aliphatic hydroxyl groups excluding tert-OH is 24. The third-order valence-electron chi connectivity index (χ3n) is 12.4. The highest BCUT2D eigenvalue weighted by Gasteiger charge is 2.52. The van der Waals surface area contributed by atoms with Crippen LogP contribution in [0, 0.1) is 0 Å². The van der Waals surface area contributed by atoms with Crippen molar-refractivity contribution in [3.8, 4) is 0 Å². The number of azide groups is 1. The molecule has 0 saturated carbocycles. The highest BCUT2D eigenvalue weighted by Crippen LogP contribution is 2.34. The molecule has 7 aliphatic rings. The van der Waals surface area contributed by atoms with Gasteiger partial charge in [-0.05, 0) is 12.0 Å². The zero-order valence-corrected chi connectivity index (χ0v) is 41.2. The van der Waals surface area contributed by atoms with Gasteiger partial charge in [-0.1, -0.05) is 5.11 Å². The van der Waals surface area contributed by atoms with E-state index in [1.165, 1.54) is 0 Å². The van der Waals surface area contributed by atoms with Crippen molar-refractivity contribution in [1.29, 1.82) is 0 Å². The minimum atomic E-state index is -2.81. The quantitative estimate of drug-likeness (QED) is 0.0490. The van der Waals surface area contributed by atoms with E-state index in [1.54, 1.807) is 0 Å². The summed E-state index contributed by atoms with van der Waals surface area (Å²) in [6.45, 7) is -6.91. The fraction of sp³-hybridized carbons (Fsp3) is 0.810. The molecule has 6 bridgehead atoms. The molecule has 3 saturated heterocycles. The van der Waals surface area contributed by atoms with Crippen LogP contribution in [0.1, 0.15) is 25.7 Å². The average molecular weight is 1160 g/mol. The first kappa shape index (κ1) is 67.1. The summed E-state index contributed by atoms with van der Waals surface area (Å²) in [6, 6.07) is 0. The second-order valence-corrected chi connectivity index (χ2v) is 17.7. The van der Waals surface area contributed by atoms with Gasteiger partial charge in [-0.2, -0.15) is 0 Å². The minimum absolute atomic E-state index is 0.605. The Balaban J connectivity index is 1.81. The summed E-state index contributed by atoms with van der Waals surface area (Å²) in [4.78, 5) is 2.52. The van der Waals surface area contributed by atoms with Gasteiger partial charge in [-0.3, -0.25) is 0 Å². The molecule has 37 heteroatoms. The summed E-state index contributed by atoms with van der Waals surface area (Å²) < 4.78 is 53.6. The standard InChI is InChI=1S/C42H69N3O34/c43-45-44-5-1-12-19(52)26(59)36(66)70-13(2-6-46)20(53)27(60)37(67)77-34-17(10-50)75-41(31(64)24(34)57)72-15(4-8-48)22(55)29(62)39(69)79-35-18(11-51)76-42(32(65)25(35)58)73-14(3-7-47)21(54)28(61)38(68)78-33-16(9-49)74-40(71-12)30(63)23(33)56/h12-18,23-25,30-42,46-69H,1-11H2/b26-19-,27-20-,28-21-,29-22-/t12?,13?,14?,15?,16?,17?,18?,23?,24?,25?,30?,31?,32?,33?,34?,35-,36?,37?,38?,39?,40?,41?,42?/m1/s1. The van der Waals surface area contributed by atoms with Crippen LogP contribution in [0.4, 0.5) is 0 Å². The molecule has 0 spiro atoms. The molecule has 0 amide bonds. The van der Waals surface area contributed by atoms with Gasteiger partial charge in [0.05, 0.1) is 19.8 Å². The maximum atomic E-state index is 11.1. The van der Waals surface area contributed by atoms with Crippen LogP contribution >= 0.6 is 0 Å². The van der Waals surface area contributed by atoms with Crippen molar-refractivity contribution >= 4 is 0 Å². The van der Waals surface area contributed by atoms with Gasteiger partial charge in [-0.15, -0.1) is 0 Å². The summed E-state index contributed by atoms with van der Waals surface area (Å²) in [5, 5.41) is 261. The number of nitrogens with zero attached hydrogens (tertiary/aromatic N) is 3. The molecule has 37 nitrogen and oxygen atoms in total. The summed E-state index contributed by atoms with van der Waals surface area (Å²) in [7, 11) is 0. The molecule has 79 heavy (non-hydrogen) atoms. The van der Waals surface area contributed by atoms with Gasteiger partial charge >= 0.3 is 0 Å². The Morgan fingerprint density at radius 1 is 0.329 bits per heavy atom. The molecule has 23 atom stereocenters. The lowest BCUT2D eigenvalue weighted by Crippen LogP contribution is -2.61. The van der Waals surface area contributed by atoms with Gasteiger partial charge in [0.25, 0.3) is 0 Å². The van der Waals surface area contributed by atoms with Crippen LogP contribution in [-0.2, 0) is 47.4 Å². The van der Waals surface area contributed by atoms with Gasteiger partial charge in [0.1, 0.15) is 97.7 Å². The zero-order valence-electron chi connectivity index (χ0n) is 41.2. The maximum Gasteiger partial charge on any atom is 0.218 e. The molecule has 0 radical (unpaired) electrons. The van der Waals surface area contributed by atoms with Crippen LogP contribution in [0.25, 0.3) is 10.4 Å². The van der Waals surface area contributed by atoms with E-state index in [9.17, 15) is 123 Å². The summed E-state index contributed by atoms with van der Waals surface area (Å²) in [5.74, 6) is -12.1. The van der Waals surface area contributed by atoms with Crippen LogP contribution in [0.15, 0.2) is 51.2 Å². The maximum absolute atomic E-state index is 11.1. The predicted octanol–water partition coefficient (Wildman–Crippen LogP) is -7.56. The van der Waals surface area contributed by atoms with Crippen molar-refractivity contribution in [3.05, 3.63) is 56.5 Å². The van der Waals surface area contributed by atoms with Crippen molar-refractivity contribution in [3.63, 3.8) is 0 Å². The van der Waals surface area contributed by atoms with E-state index in [2.05, 4.69) is 10.0 Å². The predicted molar refractivity (Wildman–Crippen MR) is 244 cm³/mol. The lowest BCUT2D eigenvalue weighted by atomic mass is 9.98. The van der Waals surface area contributed by atoms with Gasteiger partial charge in [0.15, 0.2) is 64.9 Å². The monoisotopic (exact) mass is 1160 g/mol. The molecule has 0 aromatic heterocycles. The Morgan fingerprint density at radius 2 is 0.582 bits per heavy atom. The van der Waals surface area contributed by atoms with Crippen LogP contribution in [-0.4, -0.2) is 310 Å². The lowest BCUT2D eigenvalue weighted by molar-refractivity contribution is -0.332. The van der Waals surface area contributed by atoms with E-state index >= 15 is 0 Å². The molecule has 24 N–H and O–H groups in total. The molecule has 7 rings (SSSR count). The molecule has 0 aromatic rings. The van der Waals surface area contributed by atoms with Crippen molar-refractivity contribution in [2.24, 2.45) is 5.11 Å². The molecule has 3 fully saturated rings. The first-order valence-corrected chi connectivity index (χ1v) is 23.9. The van der Waals surface area contributed by atoms with Gasteiger partial charge in [0, 0.05) is 50.5 Å². The van der Waals surface area contributed by atoms with Crippen molar-refractivity contribution < 1.29 is 170 Å². The second-order valence-electron chi connectivity index (χ2n) is 17.7. The summed E-state index contributed by atoms with van der Waals surface area (Å²) in [5.41, 5.74) is 8.87. The van der Waals surface area contributed by atoms with Crippen molar-refractivity contribution in [2.45, 2.75) is 167 Å². The number of fused-ring (bicyclic) bond motifs is 3. The van der Waals surface area contributed by atoms with Gasteiger partial charge in [0.2, 0.25) is 25.2 Å². The van der Waals surface area contributed by atoms with E-state index in [-0.39, 0.29) is 0 Å². The van der Waals surface area contributed by atoms with Crippen LogP contribution in [0.5, 0.6) is 0 Å². The van der Waals surface area contributed by atoms with E-state index < -0.39 is 260 Å². The largest absolute Gasteiger partial charge is 0.506 e. The number of hydrogen-bond donors (Lipinski definition) is 24. The normalized spacial score (nSPS) is 44.4. The molecular weight excluding hydrogens is 1090 g/mol. The number of ether oxygens (including phenoxy) is 10. The Hall–Kier alpha value is -4.37. The zero-order chi connectivity index (χ0) is 59.2. The Bertz CT molecular complexity index is 2080. The topological polar surface area (TPSA) is 627 Å². The number of rotatable bonds is 12. The van der Waals surface area contributed by atoms with E-state index in [0.29, 0.717) is 0 Å². The smallest absolute Gasteiger partial charge is 0.218 e. The Kier molecular flexibility index (Phi) is 26.5. The highest BCUT2D eigenvalue weighted by atomic mass is 16.7. The first-order valence-electron chi connectivity index (χ1n) is 23.9. The molecule has 456 valence electrons. The van der Waals surface area contributed by atoms with Crippen molar-refractivity contribution in [2.75, 3.05) is 46.2 Å². The summed E-state index contributed by atoms with van der Waals surface area (Å²) in [6.07, 6.45) is -55.1. The third-order valence-corrected chi connectivity index (χ3v) is 12.4. The molecule has 0 aromatic carbocycles. The van der Waals surface area contributed by atoms with Crippen LogP contribution < -0.4 is 0 Å². The van der Waals surface area contributed by atoms with Gasteiger partial charge < -0.3 is 170 Å². The molecule has 7 heterocycles. The van der Waals surface area contributed by atoms with Crippen LogP contribution in [0.3, 0.4) is 0 Å². The molecule has 0 aliphatic carbocycles. The van der Waals surface area contributed by atoms with E-state index in [0.717, 1.165) is 0 Å². The average Bonchev–Trinajstić information content (AvgIpc) is 3.47. The third kappa shape index (κ3) is 16.4. The fourth-order valence-electron chi connectivity index (χ4n) is 8.16. The highest BCUT2D eigenvalue weighted by molar-refractivity contribution is 5.13. The van der Waals surface area contributed by atoms with Crippen LogP contribution in [0.2, 0.25) is 0 Å². The fourth-order valence-corrected chi connectivity index (χ4v) is 8.16. The van der Waals surface area contributed by atoms with Gasteiger partial charge in [-0.25, -0.2) is 0 Å². The minimum Gasteiger partial charge on any atom is -0.506 e. The number of hydrogen-bond acceptors (Lipinski definition) is 35. The van der Waals surface area contributed by atoms with E-state index in [4.69, 9.17) is 52.9 Å². The lowest BCUT2D eigenvalue weighted by Gasteiger charge is -2.43. The second kappa shape index (κ2) is 31.2. The first-order chi connectivity index (χ1) is 37.4. The summed E-state index contributed by atoms with van der Waals surface area (Å²) >= 11 is 0.